The number of hydrogen-bond donors (Lipinski definition) is 0. The van der Waals surface area contributed by atoms with Gasteiger partial charge in [0.2, 0.25) is 5.91 Å². The van der Waals surface area contributed by atoms with Crippen LogP contribution in [-0.4, -0.2) is 64.8 Å². The summed E-state index contributed by atoms with van der Waals surface area (Å²) in [7, 11) is 0. The number of benzene rings is 2. The van der Waals surface area contributed by atoms with E-state index in [0.717, 1.165) is 49.8 Å². The molecule has 0 unspecified atom stereocenters. The van der Waals surface area contributed by atoms with E-state index >= 15 is 0 Å². The minimum Gasteiger partial charge on any atom is -0.297 e. The molecule has 3 aromatic rings. The van der Waals surface area contributed by atoms with Crippen LogP contribution in [0.3, 0.4) is 0 Å². The van der Waals surface area contributed by atoms with Gasteiger partial charge in [0.1, 0.15) is 5.82 Å². The topological polar surface area (TPSA) is 44.6 Å². The maximum absolute atomic E-state index is 13.2. The summed E-state index contributed by atoms with van der Waals surface area (Å²) >= 11 is 0. The lowest BCUT2D eigenvalue weighted by atomic mass is 10.1. The van der Waals surface area contributed by atoms with Crippen LogP contribution in [0.15, 0.2) is 72.9 Å². The van der Waals surface area contributed by atoms with E-state index in [4.69, 9.17) is 0 Å². The Kier molecular flexibility index (Phi) is 5.88. The quantitative estimate of drug-likeness (QED) is 0.627. The molecule has 0 saturated carbocycles. The van der Waals surface area contributed by atoms with Gasteiger partial charge in [-0.25, -0.2) is 4.68 Å². The number of piperazine rings is 1. The van der Waals surface area contributed by atoms with Crippen molar-refractivity contribution in [2.24, 2.45) is 0 Å². The number of hydrogen-bond acceptors (Lipinski definition) is 4. The number of anilines is 1. The number of fused-ring (bicyclic) bond motifs is 1. The first-order valence-corrected chi connectivity index (χ1v) is 11.3. The molecule has 0 atom stereocenters. The fourth-order valence-electron chi connectivity index (χ4n) is 4.54. The number of nitrogens with zero attached hydrogens (tertiary/aromatic N) is 5. The lowest BCUT2D eigenvalue weighted by molar-refractivity contribution is -0.120. The molecule has 1 fully saturated rings. The molecule has 2 aliphatic heterocycles. The van der Waals surface area contributed by atoms with E-state index in [-0.39, 0.29) is 5.91 Å². The monoisotopic (exact) mass is 427 g/mol. The zero-order chi connectivity index (χ0) is 21.9. The molecule has 6 heteroatoms. The minimum atomic E-state index is 0.128. The van der Waals surface area contributed by atoms with E-state index in [9.17, 15) is 4.79 Å². The Balaban J connectivity index is 1.21. The Morgan fingerprint density at radius 1 is 0.938 bits per heavy atom. The molecule has 0 spiro atoms. The highest BCUT2D eigenvalue weighted by Gasteiger charge is 2.27. The summed E-state index contributed by atoms with van der Waals surface area (Å²) in [6.07, 6.45) is 3.87. The third kappa shape index (κ3) is 4.38. The molecule has 5 rings (SSSR count). The fraction of sp³-hybridized carbons (Fsp3) is 0.308. The van der Waals surface area contributed by atoms with E-state index in [0.29, 0.717) is 13.1 Å². The highest BCUT2D eigenvalue weighted by molar-refractivity contribution is 5.96. The van der Waals surface area contributed by atoms with Crippen molar-refractivity contribution in [1.29, 1.82) is 0 Å². The molecule has 6 nitrogen and oxygen atoms in total. The number of aromatic nitrogens is 2. The lowest BCUT2D eigenvalue weighted by Crippen LogP contribution is -2.50. The van der Waals surface area contributed by atoms with Gasteiger partial charge < -0.3 is 0 Å². The summed E-state index contributed by atoms with van der Waals surface area (Å²) in [4.78, 5) is 19.8. The van der Waals surface area contributed by atoms with Crippen molar-refractivity contribution in [2.45, 2.75) is 13.5 Å². The van der Waals surface area contributed by atoms with Gasteiger partial charge in [0.15, 0.2) is 0 Å². The summed E-state index contributed by atoms with van der Waals surface area (Å²) in [5, 5.41) is 4.51. The summed E-state index contributed by atoms with van der Waals surface area (Å²) in [6, 6.07) is 20.9. The minimum absolute atomic E-state index is 0.128. The van der Waals surface area contributed by atoms with Crippen LogP contribution in [0.2, 0.25) is 0 Å². The summed E-state index contributed by atoms with van der Waals surface area (Å²) in [5.74, 6) is 0.972. The van der Waals surface area contributed by atoms with E-state index in [1.807, 2.05) is 15.6 Å². The van der Waals surface area contributed by atoms with Crippen LogP contribution in [0.1, 0.15) is 16.7 Å². The van der Waals surface area contributed by atoms with Gasteiger partial charge in [0, 0.05) is 50.9 Å². The number of carbonyl (C=O) groups is 1. The Labute approximate surface area is 189 Å². The zero-order valence-electron chi connectivity index (χ0n) is 18.5. The molecule has 1 saturated heterocycles. The average Bonchev–Trinajstić information content (AvgIpc) is 3.30. The van der Waals surface area contributed by atoms with Crippen LogP contribution in [0.5, 0.6) is 0 Å². The fourth-order valence-corrected chi connectivity index (χ4v) is 4.54. The molecule has 1 amide bonds. The van der Waals surface area contributed by atoms with E-state index < -0.39 is 0 Å². The van der Waals surface area contributed by atoms with E-state index in [2.05, 4.69) is 82.5 Å². The van der Waals surface area contributed by atoms with Crippen LogP contribution in [0, 0.1) is 6.92 Å². The first kappa shape index (κ1) is 20.7. The van der Waals surface area contributed by atoms with Crippen molar-refractivity contribution in [3.05, 3.63) is 89.6 Å². The Bertz CT molecular complexity index is 1110. The average molecular weight is 428 g/mol. The zero-order valence-corrected chi connectivity index (χ0v) is 18.5. The molecule has 0 aliphatic carbocycles. The predicted octanol–water partition coefficient (Wildman–Crippen LogP) is 3.25. The van der Waals surface area contributed by atoms with Gasteiger partial charge in [-0.15, -0.1) is 0 Å². The summed E-state index contributed by atoms with van der Waals surface area (Å²) < 4.78 is 1.88. The molecular formula is C26H29N5O. The first-order valence-electron chi connectivity index (χ1n) is 11.3. The molecule has 0 bridgehead atoms. The van der Waals surface area contributed by atoms with Gasteiger partial charge in [-0.1, -0.05) is 54.1 Å². The Morgan fingerprint density at radius 3 is 2.50 bits per heavy atom. The normalized spacial score (nSPS) is 17.2. The number of aryl methyl sites for hydroxylation is 1. The SMILES string of the molecule is Cc1cccc(C2=CCN(C(=O)CN3CCN(Cc4ccccc4)CC3)c3ccnn32)c1. The third-order valence-electron chi connectivity index (χ3n) is 6.28. The maximum atomic E-state index is 13.2. The van der Waals surface area contributed by atoms with Crippen LogP contribution in [0.25, 0.3) is 5.70 Å². The smallest absolute Gasteiger partial charge is 0.242 e. The Hall–Kier alpha value is -3.22. The van der Waals surface area contributed by atoms with Gasteiger partial charge in [-0.05, 0) is 24.6 Å². The van der Waals surface area contributed by atoms with Crippen molar-refractivity contribution >= 4 is 17.4 Å². The third-order valence-corrected chi connectivity index (χ3v) is 6.28. The van der Waals surface area contributed by atoms with Crippen molar-refractivity contribution < 1.29 is 4.79 Å². The molecule has 1 aromatic heterocycles. The van der Waals surface area contributed by atoms with Gasteiger partial charge in [0.05, 0.1) is 18.4 Å². The van der Waals surface area contributed by atoms with E-state index in [1.54, 1.807) is 6.20 Å². The number of carbonyl (C=O) groups excluding carboxylic acids is 1. The molecule has 0 radical (unpaired) electrons. The second-order valence-corrected chi connectivity index (χ2v) is 8.60. The first-order chi connectivity index (χ1) is 15.7. The number of rotatable bonds is 5. The van der Waals surface area contributed by atoms with Crippen LogP contribution in [-0.2, 0) is 11.3 Å². The summed E-state index contributed by atoms with van der Waals surface area (Å²) in [6.45, 7) is 7.87. The van der Waals surface area contributed by atoms with E-state index in [1.165, 1.54) is 11.1 Å². The van der Waals surface area contributed by atoms with Gasteiger partial charge in [-0.2, -0.15) is 5.10 Å². The second-order valence-electron chi connectivity index (χ2n) is 8.60. The van der Waals surface area contributed by atoms with Crippen molar-refractivity contribution in [2.75, 3.05) is 44.2 Å². The van der Waals surface area contributed by atoms with Crippen LogP contribution >= 0.6 is 0 Å². The number of amides is 1. The van der Waals surface area contributed by atoms with Gasteiger partial charge >= 0.3 is 0 Å². The summed E-state index contributed by atoms with van der Waals surface area (Å²) in [5.41, 5.74) is 4.71. The van der Waals surface area contributed by atoms with Crippen molar-refractivity contribution in [3.8, 4) is 0 Å². The molecule has 2 aromatic carbocycles. The molecule has 32 heavy (non-hydrogen) atoms. The molecule has 3 heterocycles. The molecule has 164 valence electrons. The highest BCUT2D eigenvalue weighted by atomic mass is 16.2. The van der Waals surface area contributed by atoms with Crippen molar-refractivity contribution in [1.82, 2.24) is 19.6 Å². The van der Waals surface area contributed by atoms with Crippen LogP contribution < -0.4 is 4.90 Å². The Morgan fingerprint density at radius 2 is 1.72 bits per heavy atom. The largest absolute Gasteiger partial charge is 0.297 e. The van der Waals surface area contributed by atoms with Gasteiger partial charge in [-0.3, -0.25) is 19.5 Å². The lowest BCUT2D eigenvalue weighted by Gasteiger charge is -2.36. The standard InChI is InChI=1S/C26H29N5O/c1-21-6-5-9-23(18-21)24-11-13-30(25-10-12-27-31(24)25)26(32)20-29-16-14-28(15-17-29)19-22-7-3-2-4-8-22/h2-12,18H,13-17,19-20H2,1H3. The highest BCUT2D eigenvalue weighted by Crippen LogP contribution is 2.28. The maximum Gasteiger partial charge on any atom is 0.242 e. The predicted molar refractivity (Wildman–Crippen MR) is 127 cm³/mol. The molecule has 0 N–H and O–H groups in total. The van der Waals surface area contributed by atoms with Crippen molar-refractivity contribution in [3.63, 3.8) is 0 Å². The molecular weight excluding hydrogens is 398 g/mol. The van der Waals surface area contributed by atoms with Crippen LogP contribution in [0.4, 0.5) is 5.82 Å². The molecule has 2 aliphatic rings. The second kappa shape index (κ2) is 9.10. The van der Waals surface area contributed by atoms with Gasteiger partial charge in [0.25, 0.3) is 0 Å².